The fraction of sp³-hybridized carbons (Fsp3) is 0.417. The van der Waals surface area contributed by atoms with E-state index in [9.17, 15) is 15.0 Å². The molecule has 0 spiro atoms. The quantitative estimate of drug-likeness (QED) is 0.620. The number of phenolic OH excluding ortho intramolecular Hbond substituents is 2. The fourth-order valence-electron chi connectivity index (χ4n) is 2.14. The molecule has 0 bridgehead atoms. The zero-order valence-corrected chi connectivity index (χ0v) is 9.60. The Balaban J connectivity index is 2.09. The second-order valence-electron chi connectivity index (χ2n) is 4.30. The van der Waals surface area contributed by atoms with Gasteiger partial charge in [0.2, 0.25) is 5.91 Å². The van der Waals surface area contributed by atoms with Crippen molar-refractivity contribution in [3.8, 4) is 11.5 Å². The maximum atomic E-state index is 11.1. The number of amides is 1. The van der Waals surface area contributed by atoms with Crippen LogP contribution in [-0.4, -0.2) is 28.7 Å². The Hall–Kier alpha value is -1.75. The van der Waals surface area contributed by atoms with Crippen LogP contribution >= 0.6 is 0 Å². The van der Waals surface area contributed by atoms with Crippen molar-refractivity contribution < 1.29 is 15.0 Å². The summed E-state index contributed by atoms with van der Waals surface area (Å²) in [5, 5.41) is 25.3. The summed E-state index contributed by atoms with van der Waals surface area (Å²) >= 11 is 0. The first-order chi connectivity index (χ1) is 8.08. The van der Waals surface area contributed by atoms with Gasteiger partial charge in [-0.15, -0.1) is 0 Å². The minimum atomic E-state index is -0.214. The molecule has 1 aliphatic rings. The second kappa shape index (κ2) is 4.63. The molecule has 17 heavy (non-hydrogen) atoms. The van der Waals surface area contributed by atoms with E-state index in [1.165, 1.54) is 12.1 Å². The molecular weight excluding hydrogens is 220 g/mol. The lowest BCUT2D eigenvalue weighted by molar-refractivity contribution is -0.119. The van der Waals surface area contributed by atoms with E-state index < -0.39 is 0 Å². The summed E-state index contributed by atoms with van der Waals surface area (Å²) in [5.74, 6) is 0.140. The molecule has 1 heterocycles. The molecule has 2 unspecified atom stereocenters. The highest BCUT2D eigenvalue weighted by Gasteiger charge is 2.24. The van der Waals surface area contributed by atoms with Crippen LogP contribution < -0.4 is 10.6 Å². The van der Waals surface area contributed by atoms with Crippen LogP contribution in [0.15, 0.2) is 18.2 Å². The van der Waals surface area contributed by atoms with Crippen LogP contribution in [0.3, 0.4) is 0 Å². The van der Waals surface area contributed by atoms with Gasteiger partial charge in [0, 0.05) is 25.0 Å². The number of benzene rings is 1. The number of rotatable bonds is 3. The van der Waals surface area contributed by atoms with Gasteiger partial charge >= 0.3 is 0 Å². The maximum absolute atomic E-state index is 11.1. The maximum Gasteiger partial charge on any atom is 0.221 e. The van der Waals surface area contributed by atoms with Crippen molar-refractivity contribution in [2.75, 3.05) is 6.54 Å². The summed E-state index contributed by atoms with van der Waals surface area (Å²) in [4.78, 5) is 11.1. The number of aromatic hydroxyl groups is 2. The van der Waals surface area contributed by atoms with Gasteiger partial charge in [-0.2, -0.15) is 0 Å². The van der Waals surface area contributed by atoms with Crippen molar-refractivity contribution in [2.24, 2.45) is 0 Å². The molecule has 1 aromatic rings. The first-order valence-electron chi connectivity index (χ1n) is 5.61. The van der Waals surface area contributed by atoms with E-state index in [2.05, 4.69) is 10.6 Å². The van der Waals surface area contributed by atoms with E-state index in [4.69, 9.17) is 0 Å². The number of carbonyl (C=O) groups is 1. The molecule has 2 atom stereocenters. The van der Waals surface area contributed by atoms with Crippen LogP contribution in [0.2, 0.25) is 0 Å². The van der Waals surface area contributed by atoms with Gasteiger partial charge in [0.25, 0.3) is 0 Å². The van der Waals surface area contributed by atoms with Gasteiger partial charge in [-0.1, -0.05) is 6.07 Å². The van der Waals surface area contributed by atoms with Crippen LogP contribution in [0.25, 0.3) is 0 Å². The molecular formula is C12H16N2O3. The Morgan fingerprint density at radius 3 is 2.59 bits per heavy atom. The second-order valence-corrected chi connectivity index (χ2v) is 4.30. The van der Waals surface area contributed by atoms with Crippen molar-refractivity contribution in [1.82, 2.24) is 10.6 Å². The van der Waals surface area contributed by atoms with E-state index in [1.807, 2.05) is 6.92 Å². The molecule has 0 saturated carbocycles. The normalized spacial score (nSPS) is 21.2. The Kier molecular flexibility index (Phi) is 3.19. The third-order valence-corrected chi connectivity index (χ3v) is 2.96. The smallest absolute Gasteiger partial charge is 0.221 e. The molecule has 1 aliphatic heterocycles. The third-order valence-electron chi connectivity index (χ3n) is 2.96. The SMILES string of the molecule is CC(NC1CNC(=O)C1)c1c(O)cccc1O. The van der Waals surface area contributed by atoms with Crippen molar-refractivity contribution in [2.45, 2.75) is 25.4 Å². The predicted octanol–water partition coefficient (Wildman–Crippen LogP) is 0.637. The van der Waals surface area contributed by atoms with Crippen LogP contribution in [0.1, 0.15) is 24.9 Å². The first-order valence-corrected chi connectivity index (χ1v) is 5.61. The minimum Gasteiger partial charge on any atom is -0.507 e. The zero-order valence-electron chi connectivity index (χ0n) is 9.60. The molecule has 2 rings (SSSR count). The number of carbonyl (C=O) groups excluding carboxylic acids is 1. The van der Waals surface area contributed by atoms with E-state index >= 15 is 0 Å². The van der Waals surface area contributed by atoms with Crippen LogP contribution in [0.4, 0.5) is 0 Å². The molecule has 1 fully saturated rings. The fourth-order valence-corrected chi connectivity index (χ4v) is 2.14. The van der Waals surface area contributed by atoms with E-state index in [0.29, 0.717) is 18.5 Å². The Labute approximate surface area is 99.5 Å². The highest BCUT2D eigenvalue weighted by molar-refractivity contribution is 5.78. The lowest BCUT2D eigenvalue weighted by Crippen LogP contribution is -2.33. The zero-order chi connectivity index (χ0) is 12.4. The van der Waals surface area contributed by atoms with Gasteiger partial charge < -0.3 is 20.8 Å². The molecule has 5 nitrogen and oxygen atoms in total. The predicted molar refractivity (Wildman–Crippen MR) is 62.7 cm³/mol. The molecule has 0 aromatic heterocycles. The summed E-state index contributed by atoms with van der Waals surface area (Å²) in [6.45, 7) is 2.43. The molecule has 1 amide bonds. The topological polar surface area (TPSA) is 81.6 Å². The average Bonchev–Trinajstić information content (AvgIpc) is 2.63. The highest BCUT2D eigenvalue weighted by atomic mass is 16.3. The van der Waals surface area contributed by atoms with Gasteiger partial charge in [-0.25, -0.2) is 0 Å². The Morgan fingerprint density at radius 2 is 2.06 bits per heavy atom. The summed E-state index contributed by atoms with van der Waals surface area (Å²) in [6, 6.07) is 4.48. The third kappa shape index (κ3) is 2.50. The van der Waals surface area contributed by atoms with E-state index in [0.717, 1.165) is 0 Å². The molecule has 1 aromatic carbocycles. The minimum absolute atomic E-state index is 0.0243. The van der Waals surface area contributed by atoms with Gasteiger partial charge in [-0.05, 0) is 19.1 Å². The summed E-state index contributed by atoms with van der Waals surface area (Å²) < 4.78 is 0. The molecule has 5 heteroatoms. The Morgan fingerprint density at radius 1 is 1.41 bits per heavy atom. The lowest BCUT2D eigenvalue weighted by atomic mass is 10.0. The van der Waals surface area contributed by atoms with Crippen LogP contribution in [-0.2, 0) is 4.79 Å². The highest BCUT2D eigenvalue weighted by Crippen LogP contribution is 2.32. The first kappa shape index (κ1) is 11.7. The molecule has 0 aliphatic carbocycles. The standard InChI is InChI=1S/C12H16N2O3/c1-7(14-8-5-11(17)13-6-8)12-9(15)3-2-4-10(12)16/h2-4,7-8,14-16H,5-6H2,1H3,(H,13,17). The summed E-state index contributed by atoms with van der Waals surface area (Å²) in [7, 11) is 0. The lowest BCUT2D eigenvalue weighted by Gasteiger charge is -2.20. The van der Waals surface area contributed by atoms with Gasteiger partial charge in [0.15, 0.2) is 0 Å². The van der Waals surface area contributed by atoms with Crippen molar-refractivity contribution in [3.63, 3.8) is 0 Å². The number of hydrogen-bond acceptors (Lipinski definition) is 4. The molecule has 92 valence electrons. The molecule has 4 N–H and O–H groups in total. The summed E-state index contributed by atoms with van der Waals surface area (Å²) in [5.41, 5.74) is 0.465. The number of nitrogens with one attached hydrogen (secondary N) is 2. The molecule has 0 radical (unpaired) electrons. The monoisotopic (exact) mass is 236 g/mol. The van der Waals surface area contributed by atoms with Gasteiger partial charge in [-0.3, -0.25) is 4.79 Å². The average molecular weight is 236 g/mol. The van der Waals surface area contributed by atoms with Crippen LogP contribution in [0, 0.1) is 0 Å². The van der Waals surface area contributed by atoms with E-state index in [-0.39, 0.29) is 29.5 Å². The number of phenols is 2. The Bertz CT molecular complexity index is 414. The summed E-state index contributed by atoms with van der Waals surface area (Å²) in [6.07, 6.45) is 0.429. The van der Waals surface area contributed by atoms with Crippen molar-refractivity contribution in [3.05, 3.63) is 23.8 Å². The van der Waals surface area contributed by atoms with Gasteiger partial charge in [0.1, 0.15) is 11.5 Å². The van der Waals surface area contributed by atoms with Crippen LogP contribution in [0.5, 0.6) is 11.5 Å². The van der Waals surface area contributed by atoms with Gasteiger partial charge in [0.05, 0.1) is 5.56 Å². The molecule has 1 saturated heterocycles. The van der Waals surface area contributed by atoms with E-state index in [1.54, 1.807) is 6.07 Å². The largest absolute Gasteiger partial charge is 0.507 e. The number of hydrogen-bond donors (Lipinski definition) is 4. The van der Waals surface area contributed by atoms with Crippen molar-refractivity contribution >= 4 is 5.91 Å². The van der Waals surface area contributed by atoms with Crippen molar-refractivity contribution in [1.29, 1.82) is 0 Å².